The number of alkyl halides is 2. The lowest BCUT2D eigenvalue weighted by Gasteiger charge is -2.31. The normalized spacial score (nSPS) is 17.4. The molecule has 10 heteroatoms. The van der Waals surface area contributed by atoms with Gasteiger partial charge in [0.25, 0.3) is 12.4 Å². The molecule has 1 aliphatic heterocycles. The maximum atomic E-state index is 14.3. The van der Waals surface area contributed by atoms with Gasteiger partial charge in [0.1, 0.15) is 18.7 Å². The number of carbonyl (C=O) groups excluding carboxylic acids is 2. The molecule has 0 aliphatic carbocycles. The van der Waals surface area contributed by atoms with Gasteiger partial charge in [-0.3, -0.25) is 4.79 Å². The summed E-state index contributed by atoms with van der Waals surface area (Å²) in [7, 11) is 4.37. The van der Waals surface area contributed by atoms with Crippen LogP contribution in [-0.2, 0) is 25.5 Å². The van der Waals surface area contributed by atoms with Gasteiger partial charge in [-0.15, -0.1) is 0 Å². The Labute approximate surface area is 234 Å². The third kappa shape index (κ3) is 8.56. The number of anilines is 1. The summed E-state index contributed by atoms with van der Waals surface area (Å²) in [6, 6.07) is 15.3. The number of ether oxygens (including phenoxy) is 2. The van der Waals surface area contributed by atoms with Crippen molar-refractivity contribution in [3.63, 3.8) is 0 Å². The van der Waals surface area contributed by atoms with Crippen LogP contribution in [0, 0.1) is 0 Å². The van der Waals surface area contributed by atoms with Crippen molar-refractivity contribution in [1.29, 1.82) is 0 Å². The number of carbonyl (C=O) groups is 2. The second-order valence-corrected chi connectivity index (χ2v) is 9.74. The van der Waals surface area contributed by atoms with E-state index in [0.717, 1.165) is 48.5 Å². The summed E-state index contributed by atoms with van der Waals surface area (Å²) in [5.74, 6) is -2.67. The van der Waals surface area contributed by atoms with Crippen molar-refractivity contribution in [3.05, 3.63) is 59.9 Å². The molecule has 40 heavy (non-hydrogen) atoms. The predicted molar refractivity (Wildman–Crippen MR) is 152 cm³/mol. The molecular weight excluding hydrogens is 520 g/mol. The Kier molecular flexibility index (Phi) is 13.2. The number of imidazole rings is 1. The number of hydrogen-bond donors (Lipinski definition) is 1. The Morgan fingerprint density at radius 2 is 1.90 bits per heavy atom. The Morgan fingerprint density at radius 3 is 2.48 bits per heavy atom. The fourth-order valence-electron chi connectivity index (χ4n) is 4.89. The molecule has 1 fully saturated rings. The first kappa shape index (κ1) is 32.8. The van der Waals surface area contributed by atoms with Crippen molar-refractivity contribution in [2.75, 3.05) is 39.4 Å². The number of aldehydes is 1. The van der Waals surface area contributed by atoms with Gasteiger partial charge < -0.3 is 28.8 Å². The zero-order valence-corrected chi connectivity index (χ0v) is 23.9. The van der Waals surface area contributed by atoms with Crippen molar-refractivity contribution in [3.8, 4) is 0 Å². The largest absolute Gasteiger partial charge is 0.471 e. The minimum Gasteiger partial charge on any atom is -0.471 e. The second-order valence-electron chi connectivity index (χ2n) is 9.74. The van der Waals surface area contributed by atoms with Crippen molar-refractivity contribution >= 4 is 29.5 Å². The van der Waals surface area contributed by atoms with E-state index in [9.17, 15) is 13.6 Å². The summed E-state index contributed by atoms with van der Waals surface area (Å²) >= 11 is 0. The highest BCUT2D eigenvalue weighted by Crippen LogP contribution is 2.36. The number of halogens is 2. The van der Waals surface area contributed by atoms with Crippen LogP contribution in [0.15, 0.2) is 48.5 Å². The third-order valence-corrected chi connectivity index (χ3v) is 6.93. The van der Waals surface area contributed by atoms with Gasteiger partial charge in [0.2, 0.25) is 0 Å². The van der Waals surface area contributed by atoms with E-state index in [0.29, 0.717) is 24.8 Å². The smallest absolute Gasteiger partial charge is 0.292 e. The highest BCUT2D eigenvalue weighted by Gasteiger charge is 2.39. The van der Waals surface area contributed by atoms with Crippen LogP contribution in [0.5, 0.6) is 0 Å². The number of benzene rings is 2. The van der Waals surface area contributed by atoms with Crippen LogP contribution < -0.4 is 4.90 Å². The summed E-state index contributed by atoms with van der Waals surface area (Å²) in [6.45, 7) is 4.37. The lowest BCUT2D eigenvalue weighted by atomic mass is 9.96. The van der Waals surface area contributed by atoms with E-state index in [2.05, 4.69) is 30.5 Å². The van der Waals surface area contributed by atoms with Crippen LogP contribution in [0.3, 0.4) is 0 Å². The standard InChI is InChI=1S/C27H33F2N3O2.C2H4O2.CH4O/c1-4-8-19(2)31(3)22-11-12-25-24(14-22)30-26(13-21(16-33)20-9-6-5-7-10-20)32(25)23-15-27(28,29)18-34-17-23;1-4-2-3;1-2/h5-7,9-12,14,16,19,21,23H,4,8,13,15,17-18H2,1-3H3;2H,1H3;2H,1H3. The number of aromatic nitrogens is 2. The van der Waals surface area contributed by atoms with Crippen molar-refractivity contribution < 1.29 is 33.0 Å². The van der Waals surface area contributed by atoms with E-state index in [1.807, 2.05) is 53.1 Å². The van der Waals surface area contributed by atoms with E-state index in [1.54, 1.807) is 0 Å². The monoisotopic (exact) mass is 561 g/mol. The zero-order chi connectivity index (χ0) is 29.7. The van der Waals surface area contributed by atoms with Gasteiger partial charge in [-0.25, -0.2) is 13.8 Å². The Balaban J connectivity index is 0.000000858. The predicted octanol–water partition coefficient (Wildman–Crippen LogP) is 5.18. The third-order valence-electron chi connectivity index (χ3n) is 6.93. The molecule has 0 bridgehead atoms. The number of fused-ring (bicyclic) bond motifs is 1. The molecular formula is C30H41F2N3O5. The lowest BCUT2D eigenvalue weighted by molar-refractivity contribution is -0.132. The summed E-state index contributed by atoms with van der Waals surface area (Å²) in [5.41, 5.74) is 3.45. The van der Waals surface area contributed by atoms with Crippen LogP contribution in [0.1, 0.15) is 56.5 Å². The molecule has 3 atom stereocenters. The van der Waals surface area contributed by atoms with Gasteiger partial charge in [0, 0.05) is 44.6 Å². The molecule has 2 heterocycles. The fourth-order valence-corrected chi connectivity index (χ4v) is 4.89. The van der Waals surface area contributed by atoms with Gasteiger partial charge in [0.15, 0.2) is 0 Å². The van der Waals surface area contributed by atoms with E-state index in [-0.39, 0.29) is 13.0 Å². The van der Waals surface area contributed by atoms with Crippen LogP contribution in [0.25, 0.3) is 11.0 Å². The molecule has 0 saturated carbocycles. The molecule has 3 aromatic rings. The lowest BCUT2D eigenvalue weighted by Crippen LogP contribution is -2.37. The average molecular weight is 562 g/mol. The second kappa shape index (κ2) is 16.0. The molecule has 0 radical (unpaired) electrons. The number of aliphatic hydroxyl groups excluding tert-OH is 1. The topological polar surface area (TPSA) is 93.9 Å². The fraction of sp³-hybridized carbons (Fsp3) is 0.500. The Bertz CT molecular complexity index is 1190. The summed E-state index contributed by atoms with van der Waals surface area (Å²) in [5, 5.41) is 7.00. The SMILES string of the molecule is CCCC(C)N(C)c1ccc2c(c1)nc(CC(C=O)c1ccccc1)n2C1COCC(F)(F)C1.CO.COC=O. The van der Waals surface area contributed by atoms with Gasteiger partial charge >= 0.3 is 0 Å². The van der Waals surface area contributed by atoms with Crippen molar-refractivity contribution in [1.82, 2.24) is 9.55 Å². The van der Waals surface area contributed by atoms with Crippen molar-refractivity contribution in [2.45, 2.75) is 63.5 Å². The molecule has 3 unspecified atom stereocenters. The molecule has 0 amide bonds. The van der Waals surface area contributed by atoms with Gasteiger partial charge in [-0.2, -0.15) is 0 Å². The number of aliphatic hydroxyl groups is 1. The molecule has 1 aromatic heterocycles. The first-order chi connectivity index (χ1) is 19.2. The minimum absolute atomic E-state index is 0.195. The average Bonchev–Trinajstić information content (AvgIpc) is 3.34. The summed E-state index contributed by atoms with van der Waals surface area (Å²) < 4.78 is 39.6. The number of rotatable bonds is 10. The Morgan fingerprint density at radius 1 is 1.23 bits per heavy atom. The molecule has 1 aliphatic rings. The van der Waals surface area contributed by atoms with E-state index >= 15 is 0 Å². The molecule has 1 N–H and O–H groups in total. The minimum atomic E-state index is -2.89. The molecule has 4 rings (SSSR count). The number of methoxy groups -OCH3 is 1. The molecule has 8 nitrogen and oxygen atoms in total. The van der Waals surface area contributed by atoms with Crippen LogP contribution in [-0.4, -0.2) is 73.9 Å². The molecule has 220 valence electrons. The van der Waals surface area contributed by atoms with Crippen LogP contribution in [0.2, 0.25) is 0 Å². The number of hydrogen-bond acceptors (Lipinski definition) is 7. The highest BCUT2D eigenvalue weighted by molar-refractivity contribution is 5.81. The molecule has 2 aromatic carbocycles. The van der Waals surface area contributed by atoms with Crippen LogP contribution in [0.4, 0.5) is 14.5 Å². The number of nitrogens with zero attached hydrogens (tertiary/aromatic N) is 3. The molecule has 0 spiro atoms. The maximum Gasteiger partial charge on any atom is 0.292 e. The van der Waals surface area contributed by atoms with Gasteiger partial charge in [-0.1, -0.05) is 43.7 Å². The van der Waals surface area contributed by atoms with Gasteiger partial charge in [0.05, 0.1) is 30.8 Å². The van der Waals surface area contributed by atoms with E-state index in [4.69, 9.17) is 19.6 Å². The maximum absolute atomic E-state index is 14.3. The quantitative estimate of drug-likeness (QED) is 0.341. The zero-order valence-electron chi connectivity index (χ0n) is 23.9. The summed E-state index contributed by atoms with van der Waals surface area (Å²) in [6.07, 6.45) is 3.10. The Hall–Kier alpha value is -3.37. The van der Waals surface area contributed by atoms with Crippen LogP contribution >= 0.6 is 0 Å². The first-order valence-electron chi connectivity index (χ1n) is 13.3. The van der Waals surface area contributed by atoms with E-state index < -0.39 is 24.5 Å². The first-order valence-corrected chi connectivity index (χ1v) is 13.3. The van der Waals surface area contributed by atoms with Gasteiger partial charge in [-0.05, 0) is 37.1 Å². The highest BCUT2D eigenvalue weighted by atomic mass is 19.3. The van der Waals surface area contributed by atoms with E-state index in [1.165, 1.54) is 7.11 Å². The molecule has 1 saturated heterocycles. The van der Waals surface area contributed by atoms with Crippen molar-refractivity contribution in [2.24, 2.45) is 0 Å². The summed E-state index contributed by atoms with van der Waals surface area (Å²) in [4.78, 5) is 28.1.